The number of rotatable bonds is 6. The highest BCUT2D eigenvalue weighted by Crippen LogP contribution is 2.26. The summed E-state index contributed by atoms with van der Waals surface area (Å²) < 4.78 is 5.89. The number of nitrogens with two attached hydrogens (primary N) is 1. The molecule has 3 N–H and O–H groups in total. The van der Waals surface area contributed by atoms with Gasteiger partial charge in [-0.3, -0.25) is 4.79 Å². The highest BCUT2D eigenvalue weighted by molar-refractivity contribution is 5.83. The van der Waals surface area contributed by atoms with Crippen LogP contribution < -0.4 is 15.8 Å². The van der Waals surface area contributed by atoms with E-state index in [9.17, 15) is 4.79 Å². The van der Waals surface area contributed by atoms with Crippen LogP contribution in [0.15, 0.2) is 48.5 Å². The fraction of sp³-hybridized carbons (Fsp3) is 0.350. The maximum Gasteiger partial charge on any atom is 0.227 e. The first-order chi connectivity index (χ1) is 11.2. The summed E-state index contributed by atoms with van der Waals surface area (Å²) in [5.41, 5.74) is 7.53. The van der Waals surface area contributed by atoms with E-state index in [0.29, 0.717) is 6.54 Å². The molecule has 0 radical (unpaired) electrons. The van der Waals surface area contributed by atoms with Crippen molar-refractivity contribution in [2.75, 3.05) is 6.54 Å². The number of amides is 1. The predicted molar refractivity (Wildman–Crippen MR) is 97.4 cm³/mol. The van der Waals surface area contributed by atoms with Gasteiger partial charge in [-0.1, -0.05) is 24.3 Å². The zero-order valence-electron chi connectivity index (χ0n) is 14.8. The van der Waals surface area contributed by atoms with Crippen LogP contribution >= 0.6 is 0 Å². The van der Waals surface area contributed by atoms with Gasteiger partial charge in [0.15, 0.2) is 0 Å². The van der Waals surface area contributed by atoms with Gasteiger partial charge in [-0.05, 0) is 63.1 Å². The van der Waals surface area contributed by atoms with E-state index < -0.39 is 5.54 Å². The molecule has 1 unspecified atom stereocenters. The summed E-state index contributed by atoms with van der Waals surface area (Å²) in [6, 6.07) is 15.5. The lowest BCUT2D eigenvalue weighted by molar-refractivity contribution is -0.122. The fourth-order valence-electron chi connectivity index (χ4n) is 2.28. The summed E-state index contributed by atoms with van der Waals surface area (Å²) in [6.45, 7) is 8.11. The minimum Gasteiger partial charge on any atom is -0.457 e. The molecule has 1 atom stereocenters. The van der Waals surface area contributed by atoms with Crippen molar-refractivity contribution in [1.82, 2.24) is 5.32 Å². The molecule has 2 aromatic carbocycles. The van der Waals surface area contributed by atoms with Crippen molar-refractivity contribution in [1.29, 1.82) is 0 Å². The van der Waals surface area contributed by atoms with E-state index in [1.54, 1.807) is 0 Å². The van der Waals surface area contributed by atoms with Gasteiger partial charge in [-0.25, -0.2) is 0 Å². The highest BCUT2D eigenvalue weighted by Gasteiger charge is 2.18. The van der Waals surface area contributed by atoms with Gasteiger partial charge >= 0.3 is 0 Å². The minimum atomic E-state index is -0.425. The monoisotopic (exact) mass is 326 g/mol. The number of hydrogen-bond acceptors (Lipinski definition) is 3. The third-order valence-electron chi connectivity index (χ3n) is 3.69. The summed E-state index contributed by atoms with van der Waals surface area (Å²) >= 11 is 0. The SMILES string of the molecule is Cc1cccc(Oc2cccc(C(C)C(=O)NCC(C)(C)N)c2)c1. The van der Waals surface area contributed by atoms with Crippen LogP contribution in [0.2, 0.25) is 0 Å². The van der Waals surface area contributed by atoms with Gasteiger partial charge in [0.25, 0.3) is 0 Å². The molecule has 0 aromatic heterocycles. The molecule has 0 aliphatic rings. The van der Waals surface area contributed by atoms with E-state index in [1.165, 1.54) is 0 Å². The van der Waals surface area contributed by atoms with Crippen LogP contribution in [0.25, 0.3) is 0 Å². The molecule has 0 saturated heterocycles. The zero-order chi connectivity index (χ0) is 17.7. The maximum absolute atomic E-state index is 12.3. The van der Waals surface area contributed by atoms with Crippen molar-refractivity contribution < 1.29 is 9.53 Å². The average Bonchev–Trinajstić information content (AvgIpc) is 2.51. The molecule has 2 rings (SSSR count). The smallest absolute Gasteiger partial charge is 0.227 e. The van der Waals surface area contributed by atoms with Crippen LogP contribution in [0, 0.1) is 6.92 Å². The lowest BCUT2D eigenvalue weighted by Gasteiger charge is -2.21. The Kier molecular flexibility index (Phi) is 5.62. The van der Waals surface area contributed by atoms with Crippen molar-refractivity contribution in [3.63, 3.8) is 0 Å². The molecule has 0 fully saturated rings. The molecule has 0 bridgehead atoms. The minimum absolute atomic E-state index is 0.0405. The highest BCUT2D eigenvalue weighted by atomic mass is 16.5. The van der Waals surface area contributed by atoms with Gasteiger partial charge < -0.3 is 15.8 Å². The van der Waals surface area contributed by atoms with Crippen molar-refractivity contribution in [3.8, 4) is 11.5 Å². The standard InChI is InChI=1S/C20H26N2O2/c1-14-7-5-9-17(11-14)24-18-10-6-8-16(12-18)15(2)19(23)22-13-20(3,4)21/h5-12,15H,13,21H2,1-4H3,(H,22,23). The molecule has 128 valence electrons. The van der Waals surface area contributed by atoms with Crippen molar-refractivity contribution >= 4 is 5.91 Å². The van der Waals surface area contributed by atoms with Crippen LogP contribution in [-0.4, -0.2) is 18.0 Å². The molecule has 0 spiro atoms. The van der Waals surface area contributed by atoms with Crippen LogP contribution in [-0.2, 0) is 4.79 Å². The molecule has 2 aromatic rings. The van der Waals surface area contributed by atoms with Crippen LogP contribution in [0.4, 0.5) is 0 Å². The molecular weight excluding hydrogens is 300 g/mol. The maximum atomic E-state index is 12.3. The number of aryl methyl sites for hydroxylation is 1. The largest absolute Gasteiger partial charge is 0.457 e. The molecule has 1 amide bonds. The number of carbonyl (C=O) groups is 1. The lowest BCUT2D eigenvalue weighted by atomic mass is 9.99. The number of carbonyl (C=O) groups excluding carboxylic acids is 1. The Hall–Kier alpha value is -2.33. The van der Waals surface area contributed by atoms with E-state index in [2.05, 4.69) is 5.32 Å². The third kappa shape index (κ3) is 5.39. The lowest BCUT2D eigenvalue weighted by Crippen LogP contribution is -2.46. The quantitative estimate of drug-likeness (QED) is 0.850. The molecular formula is C20H26N2O2. The number of hydrogen-bond donors (Lipinski definition) is 2. The van der Waals surface area contributed by atoms with Gasteiger partial charge in [0.1, 0.15) is 11.5 Å². The second kappa shape index (κ2) is 7.49. The molecule has 0 saturated carbocycles. The Labute approximate surface area is 144 Å². The summed E-state index contributed by atoms with van der Waals surface area (Å²) in [6.07, 6.45) is 0. The van der Waals surface area contributed by atoms with E-state index in [-0.39, 0.29) is 11.8 Å². The van der Waals surface area contributed by atoms with Gasteiger partial charge in [0.2, 0.25) is 5.91 Å². The van der Waals surface area contributed by atoms with Crippen molar-refractivity contribution in [3.05, 3.63) is 59.7 Å². The molecule has 4 nitrogen and oxygen atoms in total. The van der Waals surface area contributed by atoms with Crippen molar-refractivity contribution in [2.45, 2.75) is 39.2 Å². The van der Waals surface area contributed by atoms with Gasteiger partial charge in [0.05, 0.1) is 5.92 Å². The number of nitrogens with one attached hydrogen (secondary N) is 1. The fourth-order valence-corrected chi connectivity index (χ4v) is 2.28. The Bertz CT molecular complexity index is 705. The molecule has 24 heavy (non-hydrogen) atoms. The van der Waals surface area contributed by atoms with Crippen LogP contribution in [0.1, 0.15) is 37.8 Å². The van der Waals surface area contributed by atoms with Crippen LogP contribution in [0.3, 0.4) is 0 Å². The Morgan fingerprint density at radius 2 is 1.79 bits per heavy atom. The average molecular weight is 326 g/mol. The van der Waals surface area contributed by atoms with Gasteiger partial charge in [0, 0.05) is 12.1 Å². The Balaban J connectivity index is 2.07. The number of ether oxygens (including phenoxy) is 1. The molecule has 4 heteroatoms. The normalized spacial score (nSPS) is 12.5. The molecule has 0 aliphatic heterocycles. The molecule has 0 heterocycles. The Morgan fingerprint density at radius 1 is 1.17 bits per heavy atom. The second-order valence-electron chi connectivity index (χ2n) is 6.92. The van der Waals surface area contributed by atoms with E-state index in [1.807, 2.05) is 76.2 Å². The van der Waals surface area contributed by atoms with Crippen molar-refractivity contribution in [2.24, 2.45) is 5.73 Å². The number of benzene rings is 2. The first kappa shape index (κ1) is 18.0. The first-order valence-electron chi connectivity index (χ1n) is 8.16. The van der Waals surface area contributed by atoms with Gasteiger partial charge in [-0.15, -0.1) is 0 Å². The molecule has 0 aliphatic carbocycles. The summed E-state index contributed by atoms with van der Waals surface area (Å²) in [5, 5.41) is 2.89. The zero-order valence-corrected chi connectivity index (χ0v) is 14.8. The van der Waals surface area contributed by atoms with Gasteiger partial charge in [-0.2, -0.15) is 0 Å². The van der Waals surface area contributed by atoms with Crippen LogP contribution in [0.5, 0.6) is 11.5 Å². The van der Waals surface area contributed by atoms with E-state index in [0.717, 1.165) is 22.6 Å². The second-order valence-corrected chi connectivity index (χ2v) is 6.92. The Morgan fingerprint density at radius 3 is 2.42 bits per heavy atom. The van der Waals surface area contributed by atoms with E-state index >= 15 is 0 Å². The summed E-state index contributed by atoms with van der Waals surface area (Å²) in [7, 11) is 0. The topological polar surface area (TPSA) is 64.3 Å². The third-order valence-corrected chi connectivity index (χ3v) is 3.69. The summed E-state index contributed by atoms with van der Waals surface area (Å²) in [4.78, 5) is 12.3. The summed E-state index contributed by atoms with van der Waals surface area (Å²) in [5.74, 6) is 1.20. The van der Waals surface area contributed by atoms with E-state index in [4.69, 9.17) is 10.5 Å². The predicted octanol–water partition coefficient (Wildman–Crippen LogP) is 3.74. The first-order valence-corrected chi connectivity index (χ1v) is 8.16.